The first kappa shape index (κ1) is 36.4. The molecule has 0 radical (unpaired) electrons. The molecule has 0 spiro atoms. The van der Waals surface area contributed by atoms with Gasteiger partial charge in [-0.1, -0.05) is 140 Å². The van der Waals surface area contributed by atoms with Crippen molar-refractivity contribution < 1.29 is 19.4 Å². The van der Waals surface area contributed by atoms with Gasteiger partial charge in [-0.3, -0.25) is 4.79 Å². The van der Waals surface area contributed by atoms with Crippen LogP contribution in [-0.4, -0.2) is 37.0 Å². The van der Waals surface area contributed by atoms with E-state index in [9.17, 15) is 9.90 Å². The van der Waals surface area contributed by atoms with E-state index in [4.69, 9.17) is 9.47 Å². The summed E-state index contributed by atoms with van der Waals surface area (Å²) in [6.45, 7) is 5.14. The van der Waals surface area contributed by atoms with Crippen molar-refractivity contribution in [3.8, 4) is 0 Å². The number of allylic oxidation sites excluding steroid dienone is 8. The van der Waals surface area contributed by atoms with Gasteiger partial charge in [0, 0.05) is 13.0 Å². The predicted molar refractivity (Wildman–Crippen MR) is 163 cm³/mol. The molecule has 0 amide bonds. The normalized spacial score (nSPS) is 13.0. The summed E-state index contributed by atoms with van der Waals surface area (Å²) in [4.78, 5) is 12.0. The number of aliphatic hydroxyl groups excluding tert-OH is 1. The number of esters is 1. The standard InChI is InChI=1S/C34H60O4/c1-3-5-7-9-11-13-15-17-19-21-23-25-27-29-34(36)38-33(31-35)32-37-30-28-26-24-22-20-18-16-14-12-10-8-6-4-2/h5,7,11,13,17,19,23,25,33,35H,3-4,6,8-10,12,14-16,18,20-22,24,26-32H2,1-2H3/b7-5-,13-11-,19-17-,25-23-. The number of rotatable bonds is 28. The zero-order valence-corrected chi connectivity index (χ0v) is 24.9. The van der Waals surface area contributed by atoms with Crippen molar-refractivity contribution in [3.63, 3.8) is 0 Å². The van der Waals surface area contributed by atoms with E-state index in [0.717, 1.165) is 32.1 Å². The molecule has 0 aliphatic rings. The van der Waals surface area contributed by atoms with E-state index < -0.39 is 6.10 Å². The van der Waals surface area contributed by atoms with Crippen LogP contribution in [0.4, 0.5) is 0 Å². The summed E-state index contributed by atoms with van der Waals surface area (Å²) >= 11 is 0. The van der Waals surface area contributed by atoms with E-state index in [1.54, 1.807) is 0 Å². The molecule has 0 heterocycles. The van der Waals surface area contributed by atoms with Crippen molar-refractivity contribution >= 4 is 5.97 Å². The molecule has 0 rings (SSSR count). The van der Waals surface area contributed by atoms with Crippen LogP contribution in [0.5, 0.6) is 0 Å². The van der Waals surface area contributed by atoms with Gasteiger partial charge in [0.05, 0.1) is 13.2 Å². The van der Waals surface area contributed by atoms with Crippen LogP contribution in [0.3, 0.4) is 0 Å². The molecular formula is C34H60O4. The molecule has 0 aliphatic carbocycles. The Balaban J connectivity index is 3.58. The maximum absolute atomic E-state index is 12.0. The second kappa shape index (κ2) is 31.6. The molecule has 0 saturated carbocycles. The summed E-state index contributed by atoms with van der Waals surface area (Å²) in [5.74, 6) is -0.281. The molecule has 0 aromatic heterocycles. The Bertz CT molecular complexity index is 606. The second-order valence-electron chi connectivity index (χ2n) is 10.2. The molecular weight excluding hydrogens is 472 g/mol. The summed E-state index contributed by atoms with van der Waals surface area (Å²) in [5.41, 5.74) is 0. The van der Waals surface area contributed by atoms with Crippen LogP contribution in [0.15, 0.2) is 48.6 Å². The Hall–Kier alpha value is -1.65. The van der Waals surface area contributed by atoms with E-state index in [1.165, 1.54) is 77.0 Å². The predicted octanol–water partition coefficient (Wildman–Crippen LogP) is 9.58. The smallest absolute Gasteiger partial charge is 0.306 e. The first-order valence-electron chi connectivity index (χ1n) is 15.7. The Morgan fingerprint density at radius 2 is 1.13 bits per heavy atom. The second-order valence-corrected chi connectivity index (χ2v) is 10.2. The van der Waals surface area contributed by atoms with Crippen LogP contribution in [0.25, 0.3) is 0 Å². The SMILES string of the molecule is CC/C=C\C/C=C\C/C=C\C/C=C\CCC(=O)OC(CO)COCCCCCCCCCCCCCCC. The van der Waals surface area contributed by atoms with Crippen LogP contribution in [-0.2, 0) is 14.3 Å². The third kappa shape index (κ3) is 28.9. The highest BCUT2D eigenvalue weighted by molar-refractivity contribution is 5.69. The summed E-state index contributed by atoms with van der Waals surface area (Å²) < 4.78 is 11.0. The summed E-state index contributed by atoms with van der Waals surface area (Å²) in [6.07, 6.45) is 38.6. The Kier molecular flexibility index (Phi) is 30.2. The van der Waals surface area contributed by atoms with Gasteiger partial charge in [0.15, 0.2) is 0 Å². The van der Waals surface area contributed by atoms with E-state index >= 15 is 0 Å². The summed E-state index contributed by atoms with van der Waals surface area (Å²) in [5, 5.41) is 9.49. The van der Waals surface area contributed by atoms with Gasteiger partial charge >= 0.3 is 5.97 Å². The lowest BCUT2D eigenvalue weighted by molar-refractivity contribution is -0.154. The van der Waals surface area contributed by atoms with Gasteiger partial charge in [0.1, 0.15) is 6.10 Å². The van der Waals surface area contributed by atoms with E-state index in [2.05, 4.69) is 56.4 Å². The number of hydrogen-bond acceptors (Lipinski definition) is 4. The van der Waals surface area contributed by atoms with Crippen molar-refractivity contribution in [1.29, 1.82) is 0 Å². The first-order chi connectivity index (χ1) is 18.7. The lowest BCUT2D eigenvalue weighted by Crippen LogP contribution is -2.27. The third-order valence-electron chi connectivity index (χ3n) is 6.43. The number of carbonyl (C=O) groups is 1. The molecule has 0 aromatic carbocycles. The van der Waals surface area contributed by atoms with Gasteiger partial charge in [-0.05, 0) is 38.5 Å². The van der Waals surface area contributed by atoms with E-state index in [-0.39, 0.29) is 19.2 Å². The maximum Gasteiger partial charge on any atom is 0.306 e. The minimum absolute atomic E-state index is 0.200. The monoisotopic (exact) mass is 532 g/mol. The van der Waals surface area contributed by atoms with Crippen molar-refractivity contribution in [2.24, 2.45) is 0 Å². The van der Waals surface area contributed by atoms with E-state index in [1.807, 2.05) is 6.08 Å². The Labute approximate surface area is 235 Å². The maximum atomic E-state index is 12.0. The quantitative estimate of drug-likeness (QED) is 0.0619. The average Bonchev–Trinajstić information content (AvgIpc) is 2.92. The molecule has 1 atom stereocenters. The zero-order valence-electron chi connectivity index (χ0n) is 24.9. The van der Waals surface area contributed by atoms with Crippen molar-refractivity contribution in [3.05, 3.63) is 48.6 Å². The molecule has 38 heavy (non-hydrogen) atoms. The van der Waals surface area contributed by atoms with Crippen LogP contribution >= 0.6 is 0 Å². The topological polar surface area (TPSA) is 55.8 Å². The molecule has 0 bridgehead atoms. The highest BCUT2D eigenvalue weighted by Gasteiger charge is 2.13. The molecule has 0 fully saturated rings. The molecule has 4 nitrogen and oxygen atoms in total. The van der Waals surface area contributed by atoms with Crippen molar-refractivity contribution in [2.75, 3.05) is 19.8 Å². The number of carbonyl (C=O) groups excluding carboxylic acids is 1. The van der Waals surface area contributed by atoms with Gasteiger partial charge in [0.25, 0.3) is 0 Å². The number of unbranched alkanes of at least 4 members (excludes halogenated alkanes) is 12. The lowest BCUT2D eigenvalue weighted by atomic mass is 10.0. The minimum Gasteiger partial charge on any atom is -0.457 e. The Morgan fingerprint density at radius 1 is 0.658 bits per heavy atom. The Morgan fingerprint density at radius 3 is 1.63 bits per heavy atom. The van der Waals surface area contributed by atoms with E-state index in [0.29, 0.717) is 19.4 Å². The molecule has 4 heteroatoms. The van der Waals surface area contributed by atoms with Crippen LogP contribution < -0.4 is 0 Å². The number of ether oxygens (including phenoxy) is 2. The molecule has 0 aromatic rings. The fraction of sp³-hybridized carbons (Fsp3) is 0.735. The number of hydrogen-bond donors (Lipinski definition) is 1. The highest BCUT2D eigenvalue weighted by Crippen LogP contribution is 2.12. The third-order valence-corrected chi connectivity index (χ3v) is 6.43. The van der Waals surface area contributed by atoms with Crippen molar-refractivity contribution in [1.82, 2.24) is 0 Å². The van der Waals surface area contributed by atoms with Gasteiger partial charge in [-0.15, -0.1) is 0 Å². The van der Waals surface area contributed by atoms with Crippen LogP contribution in [0.2, 0.25) is 0 Å². The summed E-state index contributed by atoms with van der Waals surface area (Å²) in [6, 6.07) is 0. The zero-order chi connectivity index (χ0) is 27.8. The van der Waals surface area contributed by atoms with Crippen molar-refractivity contribution in [2.45, 2.75) is 142 Å². The highest BCUT2D eigenvalue weighted by atomic mass is 16.6. The number of aliphatic hydroxyl groups is 1. The molecule has 0 aliphatic heterocycles. The fourth-order valence-electron chi connectivity index (χ4n) is 4.10. The van der Waals surface area contributed by atoms with Gasteiger partial charge < -0.3 is 14.6 Å². The minimum atomic E-state index is -0.568. The largest absolute Gasteiger partial charge is 0.457 e. The molecule has 1 unspecified atom stereocenters. The van der Waals surface area contributed by atoms with Crippen LogP contribution in [0, 0.1) is 0 Å². The lowest BCUT2D eigenvalue weighted by Gasteiger charge is -2.15. The molecule has 0 saturated heterocycles. The van der Waals surface area contributed by atoms with Gasteiger partial charge in [-0.25, -0.2) is 0 Å². The first-order valence-corrected chi connectivity index (χ1v) is 15.7. The fourth-order valence-corrected chi connectivity index (χ4v) is 4.10. The average molecular weight is 533 g/mol. The summed E-state index contributed by atoms with van der Waals surface area (Å²) in [7, 11) is 0. The molecule has 220 valence electrons. The van der Waals surface area contributed by atoms with Gasteiger partial charge in [0.2, 0.25) is 0 Å². The molecule has 1 N–H and O–H groups in total. The van der Waals surface area contributed by atoms with Gasteiger partial charge in [-0.2, -0.15) is 0 Å². The van der Waals surface area contributed by atoms with Crippen LogP contribution in [0.1, 0.15) is 136 Å².